The maximum atomic E-state index is 12.2. The highest BCUT2D eigenvalue weighted by atomic mass is 19.4. The molecule has 0 bridgehead atoms. The van der Waals surface area contributed by atoms with Gasteiger partial charge in [0.15, 0.2) is 5.96 Å². The van der Waals surface area contributed by atoms with Gasteiger partial charge in [0.1, 0.15) is 0 Å². The van der Waals surface area contributed by atoms with Crippen molar-refractivity contribution in [1.82, 2.24) is 14.8 Å². The number of hydrogen-bond acceptors (Lipinski definition) is 4. The molecular weight excluding hydrogens is 417 g/mol. The molecule has 0 spiro atoms. The number of carbonyl (C=O) groups excluding carboxylic acids is 1. The summed E-state index contributed by atoms with van der Waals surface area (Å²) in [5, 5.41) is 12.5. The summed E-state index contributed by atoms with van der Waals surface area (Å²) in [4.78, 5) is 29.0. The lowest BCUT2D eigenvalue weighted by atomic mass is 10.1. The molecular formula is C19H19F3N6O3. The summed E-state index contributed by atoms with van der Waals surface area (Å²) < 4.78 is 33.5. The number of hydrogen-bond donors (Lipinski definition) is 3. The highest BCUT2D eigenvalue weighted by Crippen LogP contribution is 2.21. The SMILES string of the molecule is CCCc1c(C(=O)N=C(N)N)cnn1-c1ccc2ncccc2c1.O=C(O)C(F)(F)F. The van der Waals surface area contributed by atoms with E-state index in [9.17, 15) is 18.0 Å². The molecule has 12 heteroatoms. The molecule has 0 aliphatic carbocycles. The van der Waals surface area contributed by atoms with Crippen LogP contribution >= 0.6 is 0 Å². The monoisotopic (exact) mass is 436 g/mol. The third-order valence-electron chi connectivity index (χ3n) is 3.89. The van der Waals surface area contributed by atoms with Crippen molar-refractivity contribution in [2.75, 3.05) is 0 Å². The van der Waals surface area contributed by atoms with E-state index in [-0.39, 0.29) is 5.96 Å². The quantitative estimate of drug-likeness (QED) is 0.420. The number of nitrogens with two attached hydrogens (primary N) is 2. The number of aromatic nitrogens is 3. The number of guanidine groups is 1. The van der Waals surface area contributed by atoms with Gasteiger partial charge in [0.2, 0.25) is 0 Å². The third kappa shape index (κ3) is 6.01. The van der Waals surface area contributed by atoms with Gasteiger partial charge in [-0.25, -0.2) is 9.48 Å². The average molecular weight is 436 g/mol. The number of nitrogens with zero attached hydrogens (tertiary/aromatic N) is 4. The number of carboxylic acids is 1. The summed E-state index contributed by atoms with van der Waals surface area (Å²) in [5.74, 6) is -3.49. The van der Waals surface area contributed by atoms with Crippen LogP contribution in [0.5, 0.6) is 0 Å². The Morgan fingerprint density at radius 1 is 1.23 bits per heavy atom. The van der Waals surface area contributed by atoms with Crippen molar-refractivity contribution < 1.29 is 27.9 Å². The highest BCUT2D eigenvalue weighted by Gasteiger charge is 2.38. The Balaban J connectivity index is 0.000000423. The number of carbonyl (C=O) groups is 2. The van der Waals surface area contributed by atoms with Crippen LogP contribution in [0.3, 0.4) is 0 Å². The van der Waals surface area contributed by atoms with Gasteiger partial charge in [-0.1, -0.05) is 19.4 Å². The average Bonchev–Trinajstić information content (AvgIpc) is 3.11. The van der Waals surface area contributed by atoms with Gasteiger partial charge in [0.05, 0.1) is 28.7 Å². The van der Waals surface area contributed by atoms with E-state index in [0.29, 0.717) is 12.0 Å². The number of rotatable bonds is 4. The van der Waals surface area contributed by atoms with Crippen LogP contribution in [-0.2, 0) is 11.2 Å². The molecule has 9 nitrogen and oxygen atoms in total. The Hall–Kier alpha value is -3.96. The number of aliphatic imine (C=N–C) groups is 1. The first-order valence-corrected chi connectivity index (χ1v) is 8.90. The predicted molar refractivity (Wildman–Crippen MR) is 107 cm³/mol. The molecule has 0 aliphatic rings. The number of benzene rings is 1. The van der Waals surface area contributed by atoms with E-state index in [4.69, 9.17) is 21.4 Å². The minimum atomic E-state index is -5.08. The van der Waals surface area contributed by atoms with E-state index in [1.165, 1.54) is 6.20 Å². The van der Waals surface area contributed by atoms with Gasteiger partial charge in [0.25, 0.3) is 5.91 Å². The fourth-order valence-corrected chi connectivity index (χ4v) is 2.62. The van der Waals surface area contributed by atoms with Crippen LogP contribution < -0.4 is 11.5 Å². The number of alkyl halides is 3. The number of pyridine rings is 1. The van der Waals surface area contributed by atoms with Crippen molar-refractivity contribution in [3.63, 3.8) is 0 Å². The first kappa shape index (κ1) is 23.3. The van der Waals surface area contributed by atoms with Crippen molar-refractivity contribution in [2.45, 2.75) is 25.9 Å². The number of amides is 1. The van der Waals surface area contributed by atoms with Gasteiger partial charge >= 0.3 is 12.1 Å². The summed E-state index contributed by atoms with van der Waals surface area (Å²) >= 11 is 0. The van der Waals surface area contributed by atoms with E-state index in [1.54, 1.807) is 10.9 Å². The Morgan fingerprint density at radius 3 is 2.48 bits per heavy atom. The van der Waals surface area contributed by atoms with Crippen LogP contribution in [0, 0.1) is 0 Å². The smallest absolute Gasteiger partial charge is 0.475 e. The van der Waals surface area contributed by atoms with Gasteiger partial charge in [-0.15, -0.1) is 0 Å². The number of halogens is 3. The molecule has 0 saturated carbocycles. The van der Waals surface area contributed by atoms with Gasteiger partial charge < -0.3 is 16.6 Å². The maximum Gasteiger partial charge on any atom is 0.490 e. The first-order chi connectivity index (χ1) is 14.5. The van der Waals surface area contributed by atoms with Crippen molar-refractivity contribution in [3.8, 4) is 5.69 Å². The lowest BCUT2D eigenvalue weighted by Gasteiger charge is -2.09. The van der Waals surface area contributed by atoms with Crippen LogP contribution in [0.25, 0.3) is 16.6 Å². The minimum absolute atomic E-state index is 0.257. The summed E-state index contributed by atoms with van der Waals surface area (Å²) in [6.45, 7) is 2.04. The fraction of sp³-hybridized carbons (Fsp3) is 0.211. The zero-order valence-electron chi connectivity index (χ0n) is 16.3. The van der Waals surface area contributed by atoms with E-state index >= 15 is 0 Å². The molecule has 3 rings (SSSR count). The lowest BCUT2D eigenvalue weighted by molar-refractivity contribution is -0.192. The molecule has 2 aromatic heterocycles. The molecule has 31 heavy (non-hydrogen) atoms. The van der Waals surface area contributed by atoms with Crippen molar-refractivity contribution in [2.24, 2.45) is 16.5 Å². The molecule has 0 atom stereocenters. The fourth-order valence-electron chi connectivity index (χ4n) is 2.62. The topological polar surface area (TPSA) is 149 Å². The van der Waals surface area contributed by atoms with Crippen LogP contribution in [-0.4, -0.2) is 43.9 Å². The normalized spacial score (nSPS) is 10.8. The second kappa shape index (κ2) is 9.69. The largest absolute Gasteiger partial charge is 0.490 e. The molecule has 1 aromatic carbocycles. The molecule has 0 radical (unpaired) electrons. The second-order valence-corrected chi connectivity index (χ2v) is 6.19. The van der Waals surface area contributed by atoms with Crippen molar-refractivity contribution >= 4 is 28.7 Å². The molecule has 5 N–H and O–H groups in total. The standard InChI is InChI=1S/C17H18N6O.C2HF3O2/c1-2-4-15-13(16(24)22-17(18)19)10-21-23(15)12-6-7-14-11(9-12)5-3-8-20-14;3-2(4,5)1(6)7/h3,5-10H,2,4H2,1H3,(H4,18,19,22,24);(H,6,7). The molecule has 0 unspecified atom stereocenters. The number of carboxylic acid groups (broad SMARTS) is 1. The predicted octanol–water partition coefficient (Wildman–Crippen LogP) is 2.42. The Kier molecular flexibility index (Phi) is 7.29. The van der Waals surface area contributed by atoms with Crippen LogP contribution in [0.4, 0.5) is 13.2 Å². The Bertz CT molecular complexity index is 1120. The Morgan fingerprint density at radius 2 is 1.90 bits per heavy atom. The van der Waals surface area contributed by atoms with E-state index in [1.807, 2.05) is 37.3 Å². The Labute approximate surface area is 174 Å². The van der Waals surface area contributed by atoms with Crippen LogP contribution in [0.15, 0.2) is 47.7 Å². The number of fused-ring (bicyclic) bond motifs is 1. The van der Waals surface area contributed by atoms with Gasteiger partial charge in [-0.05, 0) is 30.7 Å². The van der Waals surface area contributed by atoms with E-state index in [2.05, 4.69) is 15.1 Å². The maximum absolute atomic E-state index is 12.2. The minimum Gasteiger partial charge on any atom is -0.475 e. The molecule has 3 aromatic rings. The summed E-state index contributed by atoms with van der Waals surface area (Å²) in [6, 6.07) is 9.72. The lowest BCUT2D eigenvalue weighted by Crippen LogP contribution is -2.24. The van der Waals surface area contributed by atoms with Crippen molar-refractivity contribution in [3.05, 3.63) is 54.0 Å². The van der Waals surface area contributed by atoms with E-state index in [0.717, 1.165) is 28.7 Å². The molecule has 0 saturated heterocycles. The van der Waals surface area contributed by atoms with Crippen molar-refractivity contribution in [1.29, 1.82) is 0 Å². The zero-order chi connectivity index (χ0) is 23.2. The molecule has 2 heterocycles. The van der Waals surface area contributed by atoms with Crippen LogP contribution in [0.1, 0.15) is 29.4 Å². The zero-order valence-corrected chi connectivity index (χ0v) is 16.3. The van der Waals surface area contributed by atoms with Crippen LogP contribution in [0.2, 0.25) is 0 Å². The molecule has 0 aliphatic heterocycles. The molecule has 164 valence electrons. The summed E-state index contributed by atoms with van der Waals surface area (Å²) in [7, 11) is 0. The van der Waals surface area contributed by atoms with Gasteiger partial charge in [-0.3, -0.25) is 9.78 Å². The number of aliphatic carboxylic acids is 1. The third-order valence-corrected chi connectivity index (χ3v) is 3.89. The van der Waals surface area contributed by atoms with Gasteiger partial charge in [0, 0.05) is 11.6 Å². The molecule has 1 amide bonds. The molecule has 0 fully saturated rings. The van der Waals surface area contributed by atoms with E-state index < -0.39 is 18.1 Å². The highest BCUT2D eigenvalue weighted by molar-refractivity contribution is 6.02. The summed E-state index contributed by atoms with van der Waals surface area (Å²) in [5.41, 5.74) is 13.6. The van der Waals surface area contributed by atoms with Gasteiger partial charge in [-0.2, -0.15) is 23.3 Å². The second-order valence-electron chi connectivity index (χ2n) is 6.19. The first-order valence-electron chi connectivity index (χ1n) is 8.90. The summed E-state index contributed by atoms with van der Waals surface area (Å²) in [6.07, 6.45) is -0.271.